The molecule has 3 amide bonds. The van der Waals surface area contributed by atoms with Gasteiger partial charge in [-0.2, -0.15) is 0 Å². The second-order valence-electron chi connectivity index (χ2n) is 9.11. The van der Waals surface area contributed by atoms with Crippen LogP contribution in [0.3, 0.4) is 0 Å². The van der Waals surface area contributed by atoms with Crippen LogP contribution in [0.15, 0.2) is 60.7 Å². The second kappa shape index (κ2) is 13.2. The maximum atomic E-state index is 13.1. The second-order valence-corrected chi connectivity index (χ2v) is 10.3. The van der Waals surface area contributed by atoms with Crippen molar-refractivity contribution >= 4 is 74.8 Å². The van der Waals surface area contributed by atoms with Crippen LogP contribution in [0.5, 0.6) is 5.75 Å². The highest BCUT2D eigenvalue weighted by molar-refractivity contribution is 6.38. The summed E-state index contributed by atoms with van der Waals surface area (Å²) >= 11 is 19.5. The molecule has 8 nitrogen and oxygen atoms in total. The van der Waals surface area contributed by atoms with Crippen LogP contribution in [-0.2, 0) is 17.8 Å². The van der Waals surface area contributed by atoms with Crippen molar-refractivity contribution in [2.24, 2.45) is 0 Å². The van der Waals surface area contributed by atoms with Crippen LogP contribution in [0.4, 0.5) is 16.2 Å². The fraction of sp³-hybridized carbons (Fsp3) is 0.200. The number of fused-ring (bicyclic) bond motifs is 1. The minimum atomic E-state index is -0.591. The number of pyridine rings is 1. The summed E-state index contributed by atoms with van der Waals surface area (Å²) in [5.74, 6) is -0.149. The molecular weight excluding hydrogens is 587 g/mol. The zero-order valence-electron chi connectivity index (χ0n) is 22.6. The van der Waals surface area contributed by atoms with Crippen molar-refractivity contribution < 1.29 is 19.1 Å². The van der Waals surface area contributed by atoms with Gasteiger partial charge in [0.1, 0.15) is 6.61 Å². The fourth-order valence-electron chi connectivity index (χ4n) is 4.16. The van der Waals surface area contributed by atoms with Gasteiger partial charge in [-0.3, -0.25) is 9.59 Å². The predicted octanol–water partition coefficient (Wildman–Crippen LogP) is 7.32. The molecule has 0 atom stereocenters. The minimum Gasteiger partial charge on any atom is -0.485 e. The fourth-order valence-corrected chi connectivity index (χ4v) is 5.03. The molecule has 0 unspecified atom stereocenters. The molecule has 0 saturated heterocycles. The van der Waals surface area contributed by atoms with E-state index >= 15 is 0 Å². The van der Waals surface area contributed by atoms with E-state index in [4.69, 9.17) is 44.5 Å². The molecule has 0 fully saturated rings. The molecule has 11 heteroatoms. The highest BCUT2D eigenvalue weighted by atomic mass is 35.5. The van der Waals surface area contributed by atoms with Crippen molar-refractivity contribution in [1.29, 1.82) is 0 Å². The van der Waals surface area contributed by atoms with Gasteiger partial charge in [-0.15, -0.1) is 0 Å². The van der Waals surface area contributed by atoms with Crippen LogP contribution in [0, 0.1) is 0 Å². The normalized spacial score (nSPS) is 10.8. The van der Waals surface area contributed by atoms with E-state index in [2.05, 4.69) is 10.6 Å². The Labute approximate surface area is 252 Å². The Morgan fingerprint density at radius 3 is 2.34 bits per heavy atom. The molecule has 3 aromatic carbocycles. The summed E-state index contributed by atoms with van der Waals surface area (Å²) < 4.78 is 6.12. The lowest BCUT2D eigenvalue weighted by molar-refractivity contribution is -0.117. The maximum Gasteiger partial charge on any atom is 0.319 e. The summed E-state index contributed by atoms with van der Waals surface area (Å²) in [6.07, 6.45) is 0.550. The molecule has 212 valence electrons. The first-order valence-corrected chi connectivity index (χ1v) is 13.8. The van der Waals surface area contributed by atoms with Gasteiger partial charge in [0.2, 0.25) is 5.91 Å². The third-order valence-corrected chi connectivity index (χ3v) is 7.45. The number of ketones is 1. The van der Waals surface area contributed by atoms with E-state index in [0.29, 0.717) is 66.3 Å². The Kier molecular flexibility index (Phi) is 9.70. The van der Waals surface area contributed by atoms with Crippen molar-refractivity contribution in [3.8, 4) is 5.75 Å². The van der Waals surface area contributed by atoms with Crippen LogP contribution >= 0.6 is 34.8 Å². The summed E-state index contributed by atoms with van der Waals surface area (Å²) in [5, 5.41) is 6.92. The van der Waals surface area contributed by atoms with Gasteiger partial charge in [-0.05, 0) is 49.7 Å². The number of urea groups is 1. The zero-order chi connectivity index (χ0) is 29.7. The number of carbonyl (C=O) groups is 3. The Morgan fingerprint density at radius 2 is 1.66 bits per heavy atom. The number of rotatable bonds is 9. The van der Waals surface area contributed by atoms with Gasteiger partial charge in [0.15, 0.2) is 11.5 Å². The van der Waals surface area contributed by atoms with Gasteiger partial charge in [-0.25, -0.2) is 9.78 Å². The Bertz CT molecular complexity index is 1620. The van der Waals surface area contributed by atoms with Gasteiger partial charge in [0.05, 0.1) is 28.5 Å². The van der Waals surface area contributed by atoms with E-state index in [1.165, 1.54) is 11.8 Å². The molecule has 4 aromatic rings. The van der Waals surface area contributed by atoms with Crippen molar-refractivity contribution in [1.82, 2.24) is 10.3 Å². The summed E-state index contributed by atoms with van der Waals surface area (Å²) in [5.41, 5.74) is 3.23. The number of amides is 3. The molecule has 2 N–H and O–H groups in total. The van der Waals surface area contributed by atoms with E-state index in [-0.39, 0.29) is 18.9 Å². The Hall–Kier alpha value is -3.85. The number of hydrogen-bond donors (Lipinski definition) is 2. The van der Waals surface area contributed by atoms with Crippen LogP contribution in [-0.4, -0.2) is 36.3 Å². The third kappa shape index (κ3) is 6.90. The van der Waals surface area contributed by atoms with Crippen molar-refractivity contribution in [3.63, 3.8) is 0 Å². The molecule has 4 rings (SSSR count). The van der Waals surface area contributed by atoms with Crippen LogP contribution in [0.25, 0.3) is 10.9 Å². The standard InChI is InChI=1S/C30H27Cl3N4O4/c1-4-23-29(41-16-20-21(31)10-6-11-22(20)32)28(33)27-24(36-23)12-7-13-25(27)37(3)26(39)15-34-30(40)35-19-9-5-8-18(14-19)17(2)38/h5-14H,4,15-16H2,1-3H3,(H2,34,35,40). The molecule has 0 radical (unpaired) electrons. The number of hydrogen-bond acceptors (Lipinski definition) is 5. The monoisotopic (exact) mass is 612 g/mol. The van der Waals surface area contributed by atoms with E-state index < -0.39 is 11.9 Å². The highest BCUT2D eigenvalue weighted by Crippen LogP contribution is 2.40. The van der Waals surface area contributed by atoms with Gasteiger partial charge in [0.25, 0.3) is 0 Å². The third-order valence-electron chi connectivity index (χ3n) is 6.38. The number of halogens is 3. The molecule has 0 spiro atoms. The molecule has 1 aromatic heterocycles. The van der Waals surface area contributed by atoms with Crippen LogP contribution < -0.4 is 20.3 Å². The first-order valence-electron chi connectivity index (χ1n) is 12.7. The van der Waals surface area contributed by atoms with E-state index in [1.807, 2.05) is 6.92 Å². The number of benzene rings is 3. The largest absolute Gasteiger partial charge is 0.485 e. The van der Waals surface area contributed by atoms with E-state index in [0.717, 1.165) is 0 Å². The van der Waals surface area contributed by atoms with Crippen LogP contribution in [0.1, 0.15) is 35.5 Å². The molecule has 1 heterocycles. The lowest BCUT2D eigenvalue weighted by Gasteiger charge is -2.22. The average molecular weight is 614 g/mol. The molecular formula is C30H27Cl3N4O4. The van der Waals surface area contributed by atoms with Crippen molar-refractivity contribution in [3.05, 3.63) is 92.6 Å². The summed E-state index contributed by atoms with van der Waals surface area (Å²) in [6, 6.07) is 16.4. The topological polar surface area (TPSA) is 101 Å². The number of anilines is 2. The molecule has 0 aliphatic carbocycles. The minimum absolute atomic E-state index is 0.0731. The SMILES string of the molecule is CCc1nc2cccc(N(C)C(=O)CNC(=O)Nc3cccc(C(C)=O)c3)c2c(Cl)c1OCc1c(Cl)cccc1Cl. The number of nitrogens with zero attached hydrogens (tertiary/aromatic N) is 2. The quantitative estimate of drug-likeness (QED) is 0.193. The van der Waals surface area contributed by atoms with Crippen molar-refractivity contribution in [2.75, 3.05) is 23.8 Å². The number of aromatic nitrogens is 1. The smallest absolute Gasteiger partial charge is 0.319 e. The summed E-state index contributed by atoms with van der Waals surface area (Å²) in [6.45, 7) is 3.16. The molecule has 0 saturated carbocycles. The summed E-state index contributed by atoms with van der Waals surface area (Å²) in [7, 11) is 1.58. The molecule has 0 aliphatic rings. The average Bonchev–Trinajstić information content (AvgIpc) is 2.95. The van der Waals surface area contributed by atoms with E-state index in [9.17, 15) is 14.4 Å². The van der Waals surface area contributed by atoms with Crippen molar-refractivity contribution in [2.45, 2.75) is 26.9 Å². The number of nitrogens with one attached hydrogen (secondary N) is 2. The Morgan fingerprint density at radius 1 is 0.976 bits per heavy atom. The maximum absolute atomic E-state index is 13.1. The van der Waals surface area contributed by atoms with E-state index in [1.54, 1.807) is 67.7 Å². The van der Waals surface area contributed by atoms with Gasteiger partial charge in [0, 0.05) is 39.3 Å². The van der Waals surface area contributed by atoms with Gasteiger partial charge < -0.3 is 20.3 Å². The molecule has 41 heavy (non-hydrogen) atoms. The molecule has 0 aliphatic heterocycles. The first kappa shape index (κ1) is 30.1. The van der Waals surface area contributed by atoms with Gasteiger partial charge in [-0.1, -0.05) is 66.0 Å². The lowest BCUT2D eigenvalue weighted by atomic mass is 10.1. The Balaban J connectivity index is 1.54. The first-order chi connectivity index (χ1) is 19.6. The highest BCUT2D eigenvalue weighted by Gasteiger charge is 2.22. The number of carbonyl (C=O) groups excluding carboxylic acids is 3. The zero-order valence-corrected chi connectivity index (χ0v) is 24.8. The lowest BCUT2D eigenvalue weighted by Crippen LogP contribution is -2.40. The number of Topliss-reactive ketones (excluding diaryl/α,β-unsaturated/α-hetero) is 1. The van der Waals surface area contributed by atoms with Crippen LogP contribution in [0.2, 0.25) is 15.1 Å². The molecule has 0 bridgehead atoms. The predicted molar refractivity (Wildman–Crippen MR) is 164 cm³/mol. The number of likely N-dealkylation sites (N-methyl/N-ethyl adjacent to an activating group) is 1. The number of ether oxygens (including phenoxy) is 1. The van der Waals surface area contributed by atoms with Gasteiger partial charge >= 0.3 is 6.03 Å². The number of aryl methyl sites for hydroxylation is 1. The summed E-state index contributed by atoms with van der Waals surface area (Å²) in [4.78, 5) is 43.3.